The third-order valence-electron chi connectivity index (χ3n) is 6.78. The molecule has 0 radical (unpaired) electrons. The third kappa shape index (κ3) is 10.4. The van der Waals surface area contributed by atoms with Crippen LogP contribution in [0.3, 0.4) is 0 Å². The summed E-state index contributed by atoms with van der Waals surface area (Å²) in [6.07, 6.45) is 0.207. The minimum absolute atomic E-state index is 0.0887. The van der Waals surface area contributed by atoms with Crippen molar-refractivity contribution in [2.24, 2.45) is 29.0 Å². The van der Waals surface area contributed by atoms with Crippen LogP contribution in [0.25, 0.3) is 0 Å². The van der Waals surface area contributed by atoms with Crippen LogP contribution in [0.2, 0.25) is 0 Å². The number of aliphatic carboxylic acids is 1. The van der Waals surface area contributed by atoms with E-state index in [1.165, 1.54) is 4.90 Å². The van der Waals surface area contributed by atoms with E-state index in [9.17, 15) is 38.7 Å². The predicted molar refractivity (Wildman–Crippen MR) is 143 cm³/mol. The van der Waals surface area contributed by atoms with Gasteiger partial charge in [-0.3, -0.25) is 28.8 Å². The molecule has 0 aromatic heterocycles. The van der Waals surface area contributed by atoms with Gasteiger partial charge in [-0.15, -0.1) is 0 Å². The fourth-order valence-corrected chi connectivity index (χ4v) is 4.33. The highest BCUT2D eigenvalue weighted by Crippen LogP contribution is 2.20. The maximum Gasteiger partial charge on any atom is 0.326 e. The smallest absolute Gasteiger partial charge is 0.326 e. The van der Waals surface area contributed by atoms with Crippen molar-refractivity contribution in [2.45, 2.75) is 96.4 Å². The number of nitrogens with zero attached hydrogens (tertiary/aromatic N) is 1. The Balaban J connectivity index is 3.15. The number of carbonyl (C=O) groups is 7. The van der Waals surface area contributed by atoms with Crippen molar-refractivity contribution in [2.75, 3.05) is 6.54 Å². The van der Waals surface area contributed by atoms with Gasteiger partial charge in [0.15, 0.2) is 0 Å². The molecule has 226 valence electrons. The molecular weight excluding hydrogens is 526 g/mol. The van der Waals surface area contributed by atoms with Gasteiger partial charge in [-0.2, -0.15) is 0 Å². The SMILES string of the molecule is CC[C@H](C)[C@H](N)C(=O)N[C@@H](CC(N)=O)C(=O)N[C@@H](CC(N)=O)C(=O)N[C@@H](CC(C)C)C(=O)N1CCC[C@H]1C(=O)O. The van der Waals surface area contributed by atoms with Crippen LogP contribution in [0.4, 0.5) is 0 Å². The monoisotopic (exact) mass is 569 g/mol. The lowest BCUT2D eigenvalue weighted by Crippen LogP contribution is -2.59. The number of carboxylic acid groups (broad SMARTS) is 1. The zero-order chi connectivity index (χ0) is 30.7. The molecule has 10 N–H and O–H groups in total. The fraction of sp³-hybridized carbons (Fsp3) is 0.720. The van der Waals surface area contributed by atoms with Crippen molar-refractivity contribution in [1.82, 2.24) is 20.9 Å². The number of carbonyl (C=O) groups excluding carboxylic acids is 6. The molecule has 6 amide bonds. The Morgan fingerprint density at radius 2 is 1.32 bits per heavy atom. The summed E-state index contributed by atoms with van der Waals surface area (Å²) < 4.78 is 0. The minimum Gasteiger partial charge on any atom is -0.480 e. The van der Waals surface area contributed by atoms with Crippen molar-refractivity contribution < 1.29 is 38.7 Å². The Morgan fingerprint density at radius 3 is 1.75 bits per heavy atom. The van der Waals surface area contributed by atoms with Gasteiger partial charge in [-0.25, -0.2) is 4.79 Å². The van der Waals surface area contributed by atoms with Crippen LogP contribution in [-0.2, 0) is 33.6 Å². The number of primary amides is 2. The molecule has 0 aromatic rings. The first-order chi connectivity index (χ1) is 18.6. The minimum atomic E-state index is -1.57. The molecule has 0 saturated carbocycles. The summed E-state index contributed by atoms with van der Waals surface area (Å²) in [7, 11) is 0. The lowest BCUT2D eigenvalue weighted by molar-refractivity contribution is -0.149. The van der Waals surface area contributed by atoms with Gasteiger partial charge in [-0.05, 0) is 31.1 Å². The number of likely N-dealkylation sites (tertiary alicyclic amines) is 1. The summed E-state index contributed by atoms with van der Waals surface area (Å²) in [5.41, 5.74) is 16.4. The van der Waals surface area contributed by atoms with Crippen molar-refractivity contribution in [3.8, 4) is 0 Å². The van der Waals surface area contributed by atoms with Gasteiger partial charge in [0, 0.05) is 6.54 Å². The summed E-state index contributed by atoms with van der Waals surface area (Å²) in [4.78, 5) is 88.2. The number of carboxylic acids is 1. The van der Waals surface area contributed by atoms with Gasteiger partial charge in [0.25, 0.3) is 0 Å². The predicted octanol–water partition coefficient (Wildman–Crippen LogP) is -2.31. The van der Waals surface area contributed by atoms with Crippen molar-refractivity contribution in [1.29, 1.82) is 0 Å². The number of nitrogens with two attached hydrogens (primary N) is 3. The molecule has 0 aliphatic carbocycles. The second-order valence-corrected chi connectivity index (χ2v) is 10.6. The Hall–Kier alpha value is -3.75. The summed E-state index contributed by atoms with van der Waals surface area (Å²) in [6.45, 7) is 7.36. The third-order valence-corrected chi connectivity index (χ3v) is 6.78. The van der Waals surface area contributed by atoms with Crippen molar-refractivity contribution in [3.05, 3.63) is 0 Å². The molecule has 1 saturated heterocycles. The molecule has 40 heavy (non-hydrogen) atoms. The van der Waals surface area contributed by atoms with E-state index in [2.05, 4.69) is 16.0 Å². The maximum absolute atomic E-state index is 13.3. The second-order valence-electron chi connectivity index (χ2n) is 10.6. The largest absolute Gasteiger partial charge is 0.480 e. The molecule has 15 nitrogen and oxygen atoms in total. The Kier molecular flexibility index (Phi) is 13.5. The van der Waals surface area contributed by atoms with Crippen LogP contribution in [0.15, 0.2) is 0 Å². The van der Waals surface area contributed by atoms with E-state index in [-0.39, 0.29) is 31.2 Å². The van der Waals surface area contributed by atoms with E-state index in [0.29, 0.717) is 12.8 Å². The van der Waals surface area contributed by atoms with Gasteiger partial charge < -0.3 is 43.2 Å². The molecule has 0 unspecified atom stereocenters. The molecule has 6 atom stereocenters. The topological polar surface area (TPSA) is 257 Å². The number of nitrogens with one attached hydrogen (secondary N) is 3. The first-order valence-electron chi connectivity index (χ1n) is 13.3. The summed E-state index contributed by atoms with van der Waals surface area (Å²) in [6, 6.07) is -6.23. The van der Waals surface area contributed by atoms with E-state index in [1.54, 1.807) is 20.8 Å². The second kappa shape index (κ2) is 15.7. The summed E-state index contributed by atoms with van der Waals surface area (Å²) in [5, 5.41) is 16.6. The van der Waals surface area contributed by atoms with Gasteiger partial charge >= 0.3 is 5.97 Å². The standard InChI is InChI=1S/C25H43N7O8/c1-5-13(4)20(28)23(37)30-15(11-19(27)34)21(35)29-14(10-18(26)33)22(36)31-16(9-12(2)3)24(38)32-8-6-7-17(32)25(39)40/h12-17,20H,5-11,28H2,1-4H3,(H2,26,33)(H2,27,34)(H,29,35)(H,30,37)(H,31,36)(H,39,40)/t13-,14-,15-,16-,17-,20-/m0/s1. The summed E-state index contributed by atoms with van der Waals surface area (Å²) >= 11 is 0. The molecule has 1 fully saturated rings. The lowest BCUT2D eigenvalue weighted by Gasteiger charge is -2.30. The average Bonchev–Trinajstić information content (AvgIpc) is 3.35. The molecule has 0 bridgehead atoms. The molecule has 1 heterocycles. The first kappa shape index (κ1) is 34.3. The zero-order valence-electron chi connectivity index (χ0n) is 23.5. The Labute approximate surface area is 233 Å². The number of rotatable bonds is 16. The number of amides is 6. The molecule has 0 spiro atoms. The van der Waals surface area contributed by atoms with Crippen molar-refractivity contribution in [3.63, 3.8) is 0 Å². The van der Waals surface area contributed by atoms with Gasteiger partial charge in [0.2, 0.25) is 35.4 Å². The average molecular weight is 570 g/mol. The number of hydrogen-bond donors (Lipinski definition) is 7. The Bertz CT molecular complexity index is 973. The Morgan fingerprint density at radius 1 is 0.850 bits per heavy atom. The lowest BCUT2D eigenvalue weighted by atomic mass is 9.98. The van der Waals surface area contributed by atoms with E-state index in [4.69, 9.17) is 17.2 Å². The van der Waals surface area contributed by atoms with Crippen LogP contribution in [-0.4, -0.2) is 88.2 Å². The zero-order valence-corrected chi connectivity index (χ0v) is 23.5. The van der Waals surface area contributed by atoms with Gasteiger partial charge in [0.05, 0.1) is 18.9 Å². The van der Waals surface area contributed by atoms with E-state index >= 15 is 0 Å². The molecule has 15 heteroatoms. The van der Waals surface area contributed by atoms with Gasteiger partial charge in [0.1, 0.15) is 24.2 Å². The van der Waals surface area contributed by atoms with Crippen molar-refractivity contribution >= 4 is 41.4 Å². The highest BCUT2D eigenvalue weighted by molar-refractivity contribution is 5.98. The summed E-state index contributed by atoms with van der Waals surface area (Å²) in [5.74, 6) is -6.61. The first-order valence-corrected chi connectivity index (χ1v) is 13.3. The molecule has 0 aromatic carbocycles. The highest BCUT2D eigenvalue weighted by Gasteiger charge is 2.39. The van der Waals surface area contributed by atoms with Crippen LogP contribution in [0, 0.1) is 11.8 Å². The normalized spacial score (nSPS) is 18.6. The number of hydrogen-bond acceptors (Lipinski definition) is 8. The fourth-order valence-electron chi connectivity index (χ4n) is 4.33. The van der Waals surface area contributed by atoms with Crippen LogP contribution >= 0.6 is 0 Å². The van der Waals surface area contributed by atoms with E-state index in [1.807, 2.05) is 6.92 Å². The van der Waals surface area contributed by atoms with Gasteiger partial charge in [-0.1, -0.05) is 34.1 Å². The molecule has 1 aliphatic heterocycles. The van der Waals surface area contributed by atoms with Crippen LogP contribution < -0.4 is 33.2 Å². The van der Waals surface area contributed by atoms with E-state index < -0.39 is 84.5 Å². The molecule has 1 aliphatic rings. The van der Waals surface area contributed by atoms with Crippen LogP contribution in [0.5, 0.6) is 0 Å². The molecular formula is C25H43N7O8. The molecule has 1 rings (SSSR count). The quantitative estimate of drug-likeness (QED) is 0.105. The van der Waals surface area contributed by atoms with E-state index in [0.717, 1.165) is 0 Å². The maximum atomic E-state index is 13.3. The highest BCUT2D eigenvalue weighted by atomic mass is 16.4. The van der Waals surface area contributed by atoms with Crippen LogP contribution in [0.1, 0.15) is 66.2 Å².